The maximum Gasteiger partial charge on any atom is 0.338 e. The van der Waals surface area contributed by atoms with Crippen LogP contribution in [0.3, 0.4) is 0 Å². The largest absolute Gasteiger partial charge is 0.456 e. The molecule has 3 atom stereocenters. The van der Waals surface area contributed by atoms with E-state index in [9.17, 15) is 9.90 Å². The van der Waals surface area contributed by atoms with Crippen LogP contribution in [-0.4, -0.2) is 36.0 Å². The van der Waals surface area contributed by atoms with Gasteiger partial charge in [0.05, 0.1) is 37.6 Å². The van der Waals surface area contributed by atoms with E-state index in [4.69, 9.17) is 14.2 Å². The minimum absolute atomic E-state index is 0.191. The predicted molar refractivity (Wildman–Crippen MR) is 141 cm³/mol. The Balaban J connectivity index is 1.43. The fourth-order valence-corrected chi connectivity index (χ4v) is 4.02. The Morgan fingerprint density at radius 3 is 2.11 bits per heavy atom. The zero-order valence-electron chi connectivity index (χ0n) is 20.5. The molecule has 0 bridgehead atoms. The second-order valence-corrected chi connectivity index (χ2v) is 8.84. The number of hydrogen-bond donors (Lipinski definition) is 1. The lowest BCUT2D eigenvalue weighted by molar-refractivity contribution is -0.0844. The zero-order valence-corrected chi connectivity index (χ0v) is 20.5. The van der Waals surface area contributed by atoms with Gasteiger partial charge in [-0.1, -0.05) is 84.9 Å². The van der Waals surface area contributed by atoms with Crippen LogP contribution in [0.4, 0.5) is 0 Å². The first-order valence-electron chi connectivity index (χ1n) is 12.2. The van der Waals surface area contributed by atoms with Crippen LogP contribution in [0.25, 0.3) is 10.8 Å². The van der Waals surface area contributed by atoms with Gasteiger partial charge >= 0.3 is 5.97 Å². The Morgan fingerprint density at radius 2 is 1.39 bits per heavy atom. The molecule has 5 heteroatoms. The maximum absolute atomic E-state index is 12.8. The summed E-state index contributed by atoms with van der Waals surface area (Å²) in [6, 6.07) is 33.0. The zero-order chi connectivity index (χ0) is 25.2. The van der Waals surface area contributed by atoms with Gasteiger partial charge < -0.3 is 19.3 Å². The lowest BCUT2D eigenvalue weighted by Gasteiger charge is -2.28. The first-order valence-corrected chi connectivity index (χ1v) is 12.2. The minimum Gasteiger partial charge on any atom is -0.456 e. The number of rotatable bonds is 12. The van der Waals surface area contributed by atoms with E-state index in [-0.39, 0.29) is 6.61 Å². The molecule has 0 spiro atoms. The molecule has 0 fully saturated rings. The van der Waals surface area contributed by atoms with Gasteiger partial charge in [0.2, 0.25) is 0 Å². The van der Waals surface area contributed by atoms with Crippen LogP contribution in [0.1, 0.15) is 34.8 Å². The van der Waals surface area contributed by atoms with Crippen LogP contribution < -0.4 is 0 Å². The van der Waals surface area contributed by atoms with Crippen LogP contribution in [0.15, 0.2) is 103 Å². The average Bonchev–Trinajstić information content (AvgIpc) is 2.94. The molecule has 0 aromatic heterocycles. The molecule has 0 heterocycles. The number of hydrogen-bond acceptors (Lipinski definition) is 5. The first kappa shape index (κ1) is 25.6. The molecule has 4 aromatic carbocycles. The van der Waals surface area contributed by atoms with Crippen LogP contribution in [0.5, 0.6) is 0 Å². The highest BCUT2D eigenvalue weighted by Crippen LogP contribution is 2.20. The van der Waals surface area contributed by atoms with E-state index >= 15 is 0 Å². The van der Waals surface area contributed by atoms with Crippen LogP contribution in [0.2, 0.25) is 0 Å². The van der Waals surface area contributed by atoms with Gasteiger partial charge in [-0.3, -0.25) is 0 Å². The second-order valence-electron chi connectivity index (χ2n) is 8.84. The SMILES string of the molecule is C[C@H](OCc1ccc2ccccc2c1)[C@H](C[C@H](CO)OCc1ccccc1)OC(=O)c1ccccc1. The molecule has 5 nitrogen and oxygen atoms in total. The third-order valence-electron chi connectivity index (χ3n) is 6.15. The molecule has 36 heavy (non-hydrogen) atoms. The highest BCUT2D eigenvalue weighted by Gasteiger charge is 2.27. The van der Waals surface area contributed by atoms with Crippen molar-refractivity contribution in [1.29, 1.82) is 0 Å². The van der Waals surface area contributed by atoms with Crippen molar-refractivity contribution < 1.29 is 24.1 Å². The molecule has 4 aromatic rings. The van der Waals surface area contributed by atoms with E-state index in [0.29, 0.717) is 25.2 Å². The Morgan fingerprint density at radius 1 is 0.750 bits per heavy atom. The fraction of sp³-hybridized carbons (Fsp3) is 0.258. The van der Waals surface area contributed by atoms with Gasteiger partial charge in [-0.2, -0.15) is 0 Å². The summed E-state index contributed by atoms with van der Waals surface area (Å²) in [5.74, 6) is -0.429. The molecule has 0 radical (unpaired) electrons. The summed E-state index contributed by atoms with van der Waals surface area (Å²) in [7, 11) is 0. The van der Waals surface area contributed by atoms with Gasteiger partial charge in [-0.05, 0) is 47.0 Å². The topological polar surface area (TPSA) is 65.0 Å². The van der Waals surface area contributed by atoms with Gasteiger partial charge in [0.1, 0.15) is 6.10 Å². The summed E-state index contributed by atoms with van der Waals surface area (Å²) >= 11 is 0. The summed E-state index contributed by atoms with van der Waals surface area (Å²) in [5.41, 5.74) is 2.51. The van der Waals surface area contributed by atoms with E-state index < -0.39 is 24.3 Å². The molecule has 0 aliphatic heterocycles. The molecule has 0 saturated carbocycles. The molecule has 1 N–H and O–H groups in total. The monoisotopic (exact) mass is 484 g/mol. The number of fused-ring (bicyclic) bond motifs is 1. The fourth-order valence-electron chi connectivity index (χ4n) is 4.02. The van der Waals surface area contributed by atoms with E-state index in [1.54, 1.807) is 24.3 Å². The molecule has 0 unspecified atom stereocenters. The number of carbonyl (C=O) groups is 1. The first-order chi connectivity index (χ1) is 17.6. The third kappa shape index (κ3) is 7.25. The summed E-state index contributed by atoms with van der Waals surface area (Å²) in [6.45, 7) is 2.43. The van der Waals surface area contributed by atoms with E-state index in [0.717, 1.165) is 16.5 Å². The Bertz CT molecular complexity index is 1230. The molecular weight excluding hydrogens is 452 g/mol. The Labute approximate surface area is 212 Å². The van der Waals surface area contributed by atoms with E-state index in [1.807, 2.05) is 61.5 Å². The van der Waals surface area contributed by atoms with Crippen molar-refractivity contribution in [1.82, 2.24) is 0 Å². The van der Waals surface area contributed by atoms with Crippen molar-refractivity contribution >= 4 is 16.7 Å². The summed E-state index contributed by atoms with van der Waals surface area (Å²) in [4.78, 5) is 12.8. The molecule has 4 rings (SSSR count). The lowest BCUT2D eigenvalue weighted by atomic mass is 10.1. The van der Waals surface area contributed by atoms with E-state index in [1.165, 1.54) is 5.39 Å². The summed E-state index contributed by atoms with van der Waals surface area (Å²) in [5, 5.41) is 12.3. The molecule has 0 saturated heterocycles. The number of ether oxygens (including phenoxy) is 3. The molecule has 0 amide bonds. The van der Waals surface area contributed by atoms with Crippen molar-refractivity contribution in [3.05, 3.63) is 120 Å². The smallest absolute Gasteiger partial charge is 0.338 e. The summed E-state index contributed by atoms with van der Waals surface area (Å²) < 4.78 is 18.0. The van der Waals surface area contributed by atoms with Gasteiger partial charge in [0.25, 0.3) is 0 Å². The quantitative estimate of drug-likeness (QED) is 0.252. The number of benzene rings is 4. The van der Waals surface area contributed by atoms with Crippen molar-refractivity contribution in [2.75, 3.05) is 6.61 Å². The van der Waals surface area contributed by atoms with Crippen molar-refractivity contribution in [2.45, 2.75) is 44.9 Å². The number of carbonyl (C=O) groups excluding carboxylic acids is 1. The van der Waals surface area contributed by atoms with Gasteiger partial charge in [-0.15, -0.1) is 0 Å². The summed E-state index contributed by atoms with van der Waals surface area (Å²) in [6.07, 6.45) is -1.23. The third-order valence-corrected chi connectivity index (χ3v) is 6.15. The second kappa shape index (κ2) is 13.0. The molecule has 0 aliphatic carbocycles. The highest BCUT2D eigenvalue weighted by molar-refractivity contribution is 5.89. The number of aliphatic hydroxyl groups excluding tert-OH is 1. The number of aliphatic hydroxyl groups is 1. The Hall–Kier alpha value is -3.51. The molecule has 0 aliphatic rings. The molecule has 186 valence electrons. The Kier molecular flexibility index (Phi) is 9.22. The van der Waals surface area contributed by atoms with E-state index in [2.05, 4.69) is 24.3 Å². The van der Waals surface area contributed by atoms with Gasteiger partial charge in [-0.25, -0.2) is 4.79 Å². The van der Waals surface area contributed by atoms with Gasteiger partial charge in [0.15, 0.2) is 0 Å². The van der Waals surface area contributed by atoms with Crippen molar-refractivity contribution in [3.8, 4) is 0 Å². The maximum atomic E-state index is 12.8. The van der Waals surface area contributed by atoms with Crippen molar-refractivity contribution in [2.24, 2.45) is 0 Å². The van der Waals surface area contributed by atoms with Gasteiger partial charge in [0, 0.05) is 6.42 Å². The normalized spacial score (nSPS) is 13.7. The standard InChI is InChI=1S/C31H32O5/c1-23(34-22-25-16-17-26-12-8-9-15-28(26)18-25)30(36-31(33)27-13-6-3-7-14-27)19-29(20-32)35-21-24-10-4-2-5-11-24/h2-18,23,29-30,32H,19-22H2,1H3/t23-,29+,30-/m0/s1. The highest BCUT2D eigenvalue weighted by atomic mass is 16.6. The van der Waals surface area contributed by atoms with Crippen LogP contribution in [-0.2, 0) is 27.4 Å². The molecular formula is C31H32O5. The van der Waals surface area contributed by atoms with Crippen molar-refractivity contribution in [3.63, 3.8) is 0 Å². The van der Waals surface area contributed by atoms with Crippen LogP contribution in [0, 0.1) is 0 Å². The number of esters is 1. The van der Waals surface area contributed by atoms with Crippen LogP contribution >= 0.6 is 0 Å². The minimum atomic E-state index is -0.605. The predicted octanol–water partition coefficient (Wildman–Crippen LogP) is 5.94. The average molecular weight is 485 g/mol. The lowest BCUT2D eigenvalue weighted by Crippen LogP contribution is -2.36.